The molecule has 0 saturated heterocycles. The zero-order valence-electron chi connectivity index (χ0n) is 12.3. The minimum absolute atomic E-state index is 0.111. The molecule has 0 atom stereocenters. The molecule has 2 aromatic carbocycles. The van der Waals surface area contributed by atoms with E-state index in [9.17, 15) is 9.18 Å². The molecule has 1 amide bonds. The monoisotopic (exact) mass is 355 g/mol. The molecule has 0 saturated carbocycles. The zero-order valence-corrected chi connectivity index (χ0v) is 13.8. The predicted octanol–water partition coefficient (Wildman–Crippen LogP) is 4.61. The molecule has 0 radical (unpaired) electrons. The molecule has 0 aliphatic rings. The van der Waals surface area contributed by atoms with Crippen molar-refractivity contribution in [1.82, 2.24) is 5.32 Å². The van der Waals surface area contributed by atoms with E-state index in [1.165, 1.54) is 12.1 Å². The highest BCUT2D eigenvalue weighted by Gasteiger charge is 2.05. The Morgan fingerprint density at radius 2 is 2.00 bits per heavy atom. The van der Waals surface area contributed by atoms with Crippen molar-refractivity contribution in [2.24, 2.45) is 0 Å². The SMILES string of the molecule is O=C(CCCOc1ccc(Cl)cc1Cl)NCc1cccc(F)c1. The van der Waals surface area contributed by atoms with Gasteiger partial charge in [0, 0.05) is 18.0 Å². The summed E-state index contributed by atoms with van der Waals surface area (Å²) in [6, 6.07) is 11.1. The fourth-order valence-corrected chi connectivity index (χ4v) is 2.41. The van der Waals surface area contributed by atoms with E-state index in [0.717, 1.165) is 5.56 Å². The lowest BCUT2D eigenvalue weighted by Crippen LogP contribution is -2.23. The summed E-state index contributed by atoms with van der Waals surface area (Å²) in [5.41, 5.74) is 0.725. The third-order valence-corrected chi connectivity index (χ3v) is 3.61. The van der Waals surface area contributed by atoms with Crippen LogP contribution in [0.1, 0.15) is 18.4 Å². The summed E-state index contributed by atoms with van der Waals surface area (Å²) >= 11 is 11.8. The number of ether oxygens (including phenoxy) is 1. The molecule has 2 rings (SSSR count). The Kier molecular flexibility index (Phi) is 6.68. The van der Waals surface area contributed by atoms with Crippen molar-refractivity contribution in [2.75, 3.05) is 6.61 Å². The Morgan fingerprint density at radius 1 is 1.17 bits per heavy atom. The lowest BCUT2D eigenvalue weighted by molar-refractivity contribution is -0.121. The lowest BCUT2D eigenvalue weighted by atomic mass is 10.2. The van der Waals surface area contributed by atoms with E-state index >= 15 is 0 Å². The largest absolute Gasteiger partial charge is 0.492 e. The number of nitrogens with one attached hydrogen (secondary N) is 1. The summed E-state index contributed by atoms with van der Waals surface area (Å²) in [5, 5.41) is 3.72. The van der Waals surface area contributed by atoms with E-state index in [0.29, 0.717) is 41.8 Å². The summed E-state index contributed by atoms with van der Waals surface area (Å²) in [6.07, 6.45) is 0.870. The molecule has 0 spiro atoms. The first kappa shape index (κ1) is 17.6. The van der Waals surface area contributed by atoms with Gasteiger partial charge in [-0.3, -0.25) is 4.79 Å². The molecule has 0 aromatic heterocycles. The summed E-state index contributed by atoms with van der Waals surface area (Å²) in [5.74, 6) is 0.112. The third kappa shape index (κ3) is 6.08. The Bertz CT molecular complexity index is 679. The van der Waals surface area contributed by atoms with Crippen molar-refractivity contribution in [1.29, 1.82) is 0 Å². The van der Waals surface area contributed by atoms with Crippen molar-refractivity contribution in [3.8, 4) is 5.75 Å². The van der Waals surface area contributed by atoms with Crippen LogP contribution in [-0.2, 0) is 11.3 Å². The third-order valence-electron chi connectivity index (χ3n) is 3.08. The van der Waals surface area contributed by atoms with E-state index in [1.807, 2.05) is 0 Å². The second-order valence-corrected chi connectivity index (χ2v) is 5.78. The van der Waals surface area contributed by atoms with Gasteiger partial charge < -0.3 is 10.1 Å². The average molecular weight is 356 g/mol. The van der Waals surface area contributed by atoms with E-state index in [2.05, 4.69) is 5.32 Å². The zero-order chi connectivity index (χ0) is 16.7. The van der Waals surface area contributed by atoms with E-state index in [1.54, 1.807) is 30.3 Å². The molecule has 0 unspecified atom stereocenters. The molecule has 0 aliphatic carbocycles. The van der Waals surface area contributed by atoms with Gasteiger partial charge in [0.05, 0.1) is 11.6 Å². The fourth-order valence-electron chi connectivity index (χ4n) is 1.94. The van der Waals surface area contributed by atoms with Gasteiger partial charge in [0.2, 0.25) is 5.91 Å². The lowest BCUT2D eigenvalue weighted by Gasteiger charge is -2.08. The topological polar surface area (TPSA) is 38.3 Å². The number of benzene rings is 2. The average Bonchev–Trinajstić information content (AvgIpc) is 2.51. The van der Waals surface area contributed by atoms with Gasteiger partial charge in [-0.15, -0.1) is 0 Å². The van der Waals surface area contributed by atoms with E-state index in [-0.39, 0.29) is 11.7 Å². The van der Waals surface area contributed by atoms with E-state index < -0.39 is 0 Å². The highest BCUT2D eigenvalue weighted by Crippen LogP contribution is 2.27. The first-order valence-corrected chi connectivity index (χ1v) is 7.89. The van der Waals surface area contributed by atoms with Crippen molar-refractivity contribution in [2.45, 2.75) is 19.4 Å². The van der Waals surface area contributed by atoms with Gasteiger partial charge in [0.1, 0.15) is 11.6 Å². The van der Waals surface area contributed by atoms with Crippen LogP contribution in [0, 0.1) is 5.82 Å². The Hall–Kier alpha value is -1.78. The first-order valence-electron chi connectivity index (χ1n) is 7.13. The van der Waals surface area contributed by atoms with Crippen molar-refractivity contribution in [3.63, 3.8) is 0 Å². The van der Waals surface area contributed by atoms with Gasteiger partial charge in [-0.2, -0.15) is 0 Å². The fraction of sp³-hybridized carbons (Fsp3) is 0.235. The standard InChI is InChI=1S/C17H16Cl2FNO2/c18-13-6-7-16(15(19)10-13)23-8-2-5-17(22)21-11-12-3-1-4-14(20)9-12/h1,3-4,6-7,9-10H,2,5,8,11H2,(H,21,22). The minimum atomic E-state index is -0.315. The number of rotatable bonds is 7. The van der Waals surface area contributed by atoms with Crippen LogP contribution in [0.25, 0.3) is 0 Å². The van der Waals surface area contributed by atoms with Gasteiger partial charge in [-0.25, -0.2) is 4.39 Å². The summed E-state index contributed by atoms with van der Waals surface area (Å²) < 4.78 is 18.5. The quantitative estimate of drug-likeness (QED) is 0.736. The summed E-state index contributed by atoms with van der Waals surface area (Å²) in [4.78, 5) is 11.7. The molecule has 6 heteroatoms. The van der Waals surface area contributed by atoms with Crippen molar-refractivity contribution < 1.29 is 13.9 Å². The first-order chi connectivity index (χ1) is 11.0. The molecule has 122 valence electrons. The molecule has 0 aliphatic heterocycles. The molecule has 2 aromatic rings. The molecule has 0 heterocycles. The number of hydrogen-bond donors (Lipinski definition) is 1. The Morgan fingerprint density at radius 3 is 2.74 bits per heavy atom. The highest BCUT2D eigenvalue weighted by molar-refractivity contribution is 6.35. The second-order valence-electron chi connectivity index (χ2n) is 4.93. The Labute approximate surface area is 144 Å². The number of carbonyl (C=O) groups excluding carboxylic acids is 1. The molecule has 0 bridgehead atoms. The van der Waals surface area contributed by atoms with Gasteiger partial charge in [-0.05, 0) is 42.3 Å². The summed E-state index contributed by atoms with van der Waals surface area (Å²) in [7, 11) is 0. The van der Waals surface area contributed by atoms with E-state index in [4.69, 9.17) is 27.9 Å². The number of carbonyl (C=O) groups is 1. The Balaban J connectivity index is 1.66. The maximum atomic E-state index is 13.0. The number of hydrogen-bond acceptors (Lipinski definition) is 2. The van der Waals surface area contributed by atoms with Crippen LogP contribution in [0.4, 0.5) is 4.39 Å². The minimum Gasteiger partial charge on any atom is -0.492 e. The highest BCUT2D eigenvalue weighted by atomic mass is 35.5. The second kappa shape index (κ2) is 8.75. The molecule has 0 fully saturated rings. The van der Waals surface area contributed by atoms with Crippen molar-refractivity contribution in [3.05, 3.63) is 63.9 Å². The molecular weight excluding hydrogens is 340 g/mol. The molecule has 1 N–H and O–H groups in total. The van der Waals surface area contributed by atoms with Crippen LogP contribution in [-0.4, -0.2) is 12.5 Å². The predicted molar refractivity (Wildman–Crippen MR) is 89.4 cm³/mol. The van der Waals surface area contributed by atoms with Gasteiger partial charge in [0.15, 0.2) is 0 Å². The van der Waals surface area contributed by atoms with Crippen molar-refractivity contribution >= 4 is 29.1 Å². The normalized spacial score (nSPS) is 10.4. The van der Waals surface area contributed by atoms with Gasteiger partial charge in [0.25, 0.3) is 0 Å². The van der Waals surface area contributed by atoms with Gasteiger partial charge in [-0.1, -0.05) is 35.3 Å². The number of amides is 1. The molecular formula is C17H16Cl2FNO2. The van der Waals surface area contributed by atoms with Crippen LogP contribution in [0.15, 0.2) is 42.5 Å². The van der Waals surface area contributed by atoms with Crippen LogP contribution in [0.2, 0.25) is 10.0 Å². The molecule has 23 heavy (non-hydrogen) atoms. The molecule has 3 nitrogen and oxygen atoms in total. The van der Waals surface area contributed by atoms with Crippen LogP contribution < -0.4 is 10.1 Å². The number of halogens is 3. The maximum Gasteiger partial charge on any atom is 0.220 e. The van der Waals surface area contributed by atoms with Crippen LogP contribution in [0.5, 0.6) is 5.75 Å². The van der Waals surface area contributed by atoms with Gasteiger partial charge >= 0.3 is 0 Å². The smallest absolute Gasteiger partial charge is 0.220 e. The van der Waals surface area contributed by atoms with Crippen LogP contribution >= 0.6 is 23.2 Å². The van der Waals surface area contributed by atoms with Crippen LogP contribution in [0.3, 0.4) is 0 Å². The maximum absolute atomic E-state index is 13.0. The summed E-state index contributed by atoms with van der Waals surface area (Å²) in [6.45, 7) is 0.676.